The average Bonchev–Trinajstić information content (AvgIpc) is 2.38. The Hall–Kier alpha value is -1.39. The van der Waals surface area contributed by atoms with E-state index >= 15 is 0 Å². The summed E-state index contributed by atoms with van der Waals surface area (Å²) >= 11 is 0. The van der Waals surface area contributed by atoms with Gasteiger partial charge in [0.15, 0.2) is 0 Å². The van der Waals surface area contributed by atoms with Crippen molar-refractivity contribution in [3.05, 3.63) is 29.8 Å². The molecule has 4 heteroatoms. The highest BCUT2D eigenvalue weighted by molar-refractivity contribution is 5.92. The van der Waals surface area contributed by atoms with Crippen LogP contribution in [0.15, 0.2) is 24.3 Å². The molecule has 0 spiro atoms. The Kier molecular flexibility index (Phi) is 5.15. The van der Waals surface area contributed by atoms with E-state index in [1.165, 1.54) is 0 Å². The summed E-state index contributed by atoms with van der Waals surface area (Å²) in [4.78, 5) is 14.3. The Morgan fingerprint density at radius 1 is 1.50 bits per heavy atom. The fourth-order valence-corrected chi connectivity index (χ4v) is 2.90. The van der Waals surface area contributed by atoms with E-state index in [9.17, 15) is 4.79 Å². The molecule has 3 N–H and O–H groups in total. The third-order valence-electron chi connectivity index (χ3n) is 4.14. The molecule has 1 aliphatic heterocycles. The minimum Gasteiger partial charge on any atom is -0.330 e. The molecule has 0 saturated carbocycles. The first-order valence-electron chi connectivity index (χ1n) is 7.37. The van der Waals surface area contributed by atoms with E-state index in [1.807, 2.05) is 31.2 Å². The average molecular weight is 275 g/mol. The molecule has 2 unspecified atom stereocenters. The number of piperidine rings is 1. The van der Waals surface area contributed by atoms with Crippen LogP contribution in [-0.4, -0.2) is 37.0 Å². The molecule has 20 heavy (non-hydrogen) atoms. The van der Waals surface area contributed by atoms with Crippen LogP contribution in [0.25, 0.3) is 0 Å². The Morgan fingerprint density at radius 2 is 2.30 bits per heavy atom. The summed E-state index contributed by atoms with van der Waals surface area (Å²) < 4.78 is 0. The lowest BCUT2D eigenvalue weighted by atomic mass is 9.87. The van der Waals surface area contributed by atoms with E-state index in [1.54, 1.807) is 0 Å². The molecule has 110 valence electrons. The fraction of sp³-hybridized carbons (Fsp3) is 0.562. The SMILES string of the molecule is Cc1cccc(NC(=O)CN2CCC(CN)C(C)C2)c1. The number of nitrogens with two attached hydrogens (primary N) is 1. The van der Waals surface area contributed by atoms with Crippen molar-refractivity contribution in [2.75, 3.05) is 31.5 Å². The summed E-state index contributed by atoms with van der Waals surface area (Å²) in [5, 5.41) is 2.96. The number of rotatable bonds is 4. The zero-order valence-electron chi connectivity index (χ0n) is 12.4. The molecule has 1 saturated heterocycles. The number of hydrogen-bond donors (Lipinski definition) is 2. The van der Waals surface area contributed by atoms with Gasteiger partial charge in [-0.25, -0.2) is 0 Å². The molecule has 0 aliphatic carbocycles. The molecule has 1 aromatic rings. The first kappa shape index (κ1) is 15.0. The number of hydrogen-bond acceptors (Lipinski definition) is 3. The predicted octanol–water partition coefficient (Wildman–Crippen LogP) is 1.85. The van der Waals surface area contributed by atoms with Gasteiger partial charge in [-0.2, -0.15) is 0 Å². The van der Waals surface area contributed by atoms with Crippen LogP contribution in [0.4, 0.5) is 5.69 Å². The lowest BCUT2D eigenvalue weighted by Gasteiger charge is -2.35. The molecule has 1 amide bonds. The molecular formula is C16H25N3O. The third kappa shape index (κ3) is 4.05. The maximum absolute atomic E-state index is 12.1. The first-order valence-corrected chi connectivity index (χ1v) is 7.37. The monoisotopic (exact) mass is 275 g/mol. The Morgan fingerprint density at radius 3 is 2.95 bits per heavy atom. The van der Waals surface area contributed by atoms with E-state index in [0.29, 0.717) is 18.4 Å². The van der Waals surface area contributed by atoms with Crippen molar-refractivity contribution in [2.24, 2.45) is 17.6 Å². The molecule has 1 aromatic carbocycles. The van der Waals surface area contributed by atoms with Gasteiger partial charge in [0.05, 0.1) is 6.54 Å². The van der Waals surface area contributed by atoms with Gasteiger partial charge in [-0.1, -0.05) is 19.1 Å². The van der Waals surface area contributed by atoms with Gasteiger partial charge in [-0.15, -0.1) is 0 Å². The molecule has 2 rings (SSSR count). The summed E-state index contributed by atoms with van der Waals surface area (Å²) in [5.74, 6) is 1.24. The Labute approximate surface area is 121 Å². The number of anilines is 1. The summed E-state index contributed by atoms with van der Waals surface area (Å²) in [6, 6.07) is 7.89. The molecule has 1 heterocycles. The highest BCUT2D eigenvalue weighted by atomic mass is 16.2. The lowest BCUT2D eigenvalue weighted by Crippen LogP contribution is -2.44. The minimum absolute atomic E-state index is 0.0639. The van der Waals surface area contributed by atoms with Gasteiger partial charge in [-0.05, 0) is 56.0 Å². The van der Waals surface area contributed by atoms with Gasteiger partial charge < -0.3 is 11.1 Å². The lowest BCUT2D eigenvalue weighted by molar-refractivity contribution is -0.117. The van der Waals surface area contributed by atoms with E-state index in [0.717, 1.165) is 37.3 Å². The van der Waals surface area contributed by atoms with Gasteiger partial charge >= 0.3 is 0 Å². The quantitative estimate of drug-likeness (QED) is 0.881. The van der Waals surface area contributed by atoms with Crippen molar-refractivity contribution >= 4 is 11.6 Å². The smallest absolute Gasteiger partial charge is 0.238 e. The van der Waals surface area contributed by atoms with Crippen LogP contribution in [0.3, 0.4) is 0 Å². The summed E-state index contributed by atoms with van der Waals surface area (Å²) in [7, 11) is 0. The van der Waals surface area contributed by atoms with E-state index in [-0.39, 0.29) is 5.91 Å². The molecule has 1 fully saturated rings. The maximum atomic E-state index is 12.1. The second kappa shape index (κ2) is 6.86. The largest absolute Gasteiger partial charge is 0.330 e. The molecule has 4 nitrogen and oxygen atoms in total. The summed E-state index contributed by atoms with van der Waals surface area (Å²) in [6.07, 6.45) is 1.09. The first-order chi connectivity index (χ1) is 9.58. The number of benzene rings is 1. The molecule has 0 aromatic heterocycles. The highest BCUT2D eigenvalue weighted by Gasteiger charge is 2.25. The van der Waals surface area contributed by atoms with Gasteiger partial charge in [-0.3, -0.25) is 9.69 Å². The highest BCUT2D eigenvalue weighted by Crippen LogP contribution is 2.22. The molecule has 2 atom stereocenters. The van der Waals surface area contributed by atoms with Crippen molar-refractivity contribution in [1.29, 1.82) is 0 Å². The number of nitrogens with one attached hydrogen (secondary N) is 1. The van der Waals surface area contributed by atoms with E-state index < -0.39 is 0 Å². The third-order valence-corrected chi connectivity index (χ3v) is 4.14. The molecule has 1 aliphatic rings. The molecule has 0 radical (unpaired) electrons. The Bertz CT molecular complexity index is 461. The second-order valence-electron chi connectivity index (χ2n) is 5.91. The van der Waals surface area contributed by atoms with Crippen LogP contribution >= 0.6 is 0 Å². The van der Waals surface area contributed by atoms with Crippen molar-refractivity contribution < 1.29 is 4.79 Å². The summed E-state index contributed by atoms with van der Waals surface area (Å²) in [6.45, 7) is 7.40. The van der Waals surface area contributed by atoms with Crippen LogP contribution < -0.4 is 11.1 Å². The van der Waals surface area contributed by atoms with Crippen LogP contribution in [0.1, 0.15) is 18.9 Å². The number of amides is 1. The summed E-state index contributed by atoms with van der Waals surface area (Å²) in [5.41, 5.74) is 7.79. The number of carbonyl (C=O) groups excluding carboxylic acids is 1. The van der Waals surface area contributed by atoms with Crippen LogP contribution in [-0.2, 0) is 4.79 Å². The van der Waals surface area contributed by atoms with Crippen molar-refractivity contribution in [1.82, 2.24) is 4.90 Å². The van der Waals surface area contributed by atoms with Crippen molar-refractivity contribution in [2.45, 2.75) is 20.3 Å². The van der Waals surface area contributed by atoms with E-state index in [2.05, 4.69) is 17.1 Å². The van der Waals surface area contributed by atoms with Crippen molar-refractivity contribution in [3.8, 4) is 0 Å². The second-order valence-corrected chi connectivity index (χ2v) is 5.91. The number of aryl methyl sites for hydroxylation is 1. The van der Waals surface area contributed by atoms with E-state index in [4.69, 9.17) is 5.73 Å². The number of nitrogens with zero attached hydrogens (tertiary/aromatic N) is 1. The zero-order chi connectivity index (χ0) is 14.5. The number of likely N-dealkylation sites (tertiary alicyclic amines) is 1. The van der Waals surface area contributed by atoms with Gasteiger partial charge in [0.2, 0.25) is 5.91 Å². The van der Waals surface area contributed by atoms with Gasteiger partial charge in [0.25, 0.3) is 0 Å². The fourth-order valence-electron chi connectivity index (χ4n) is 2.90. The predicted molar refractivity (Wildman–Crippen MR) is 82.6 cm³/mol. The topological polar surface area (TPSA) is 58.4 Å². The zero-order valence-corrected chi connectivity index (χ0v) is 12.4. The standard InChI is InChI=1S/C16H25N3O/c1-12-4-3-5-15(8-12)18-16(20)11-19-7-6-14(9-17)13(2)10-19/h3-5,8,13-14H,6-7,9-11,17H2,1-2H3,(H,18,20). The van der Waals surface area contributed by atoms with Gasteiger partial charge in [0.1, 0.15) is 0 Å². The molecule has 0 bridgehead atoms. The maximum Gasteiger partial charge on any atom is 0.238 e. The number of carbonyl (C=O) groups is 1. The normalized spacial score (nSPS) is 23.6. The van der Waals surface area contributed by atoms with Crippen LogP contribution in [0.2, 0.25) is 0 Å². The Balaban J connectivity index is 1.83. The van der Waals surface area contributed by atoms with Crippen LogP contribution in [0, 0.1) is 18.8 Å². The van der Waals surface area contributed by atoms with Crippen molar-refractivity contribution in [3.63, 3.8) is 0 Å². The molecular weight excluding hydrogens is 250 g/mol. The minimum atomic E-state index is 0.0639. The van der Waals surface area contributed by atoms with Crippen LogP contribution in [0.5, 0.6) is 0 Å². The van der Waals surface area contributed by atoms with Gasteiger partial charge in [0, 0.05) is 12.2 Å².